The van der Waals surface area contributed by atoms with Crippen LogP contribution in [0.15, 0.2) is 24.3 Å². The van der Waals surface area contributed by atoms with E-state index in [9.17, 15) is 4.79 Å². The predicted molar refractivity (Wildman–Crippen MR) is 64.9 cm³/mol. The van der Waals surface area contributed by atoms with Gasteiger partial charge in [-0.2, -0.15) is 0 Å². The molecule has 3 nitrogen and oxygen atoms in total. The number of rotatable bonds is 4. The Labute approximate surface area is 100 Å². The average molecular weight is 242 g/mol. The fourth-order valence-electron chi connectivity index (χ4n) is 1.08. The number of phenols is 1. The summed E-state index contributed by atoms with van der Waals surface area (Å²) in [5, 5.41) is 11.9. The number of nitrogens with one attached hydrogen (secondary N) is 1. The van der Waals surface area contributed by atoms with E-state index < -0.39 is 0 Å². The van der Waals surface area contributed by atoms with Crippen LogP contribution in [0.2, 0.25) is 0 Å². The van der Waals surface area contributed by atoms with Crippen LogP contribution in [0.5, 0.6) is 5.75 Å². The third kappa shape index (κ3) is 3.74. The SMILES string of the molecule is CC(C)(CCl)CNC(=O)c1ccc(O)cc1. The minimum atomic E-state index is -0.154. The molecule has 0 aliphatic rings. The highest BCUT2D eigenvalue weighted by atomic mass is 35.5. The molecule has 0 atom stereocenters. The van der Waals surface area contributed by atoms with Gasteiger partial charge in [-0.25, -0.2) is 0 Å². The summed E-state index contributed by atoms with van der Waals surface area (Å²) in [5.74, 6) is 0.485. The Morgan fingerprint density at radius 3 is 2.44 bits per heavy atom. The van der Waals surface area contributed by atoms with Gasteiger partial charge in [-0.15, -0.1) is 11.6 Å². The third-order valence-electron chi connectivity index (χ3n) is 2.22. The Kier molecular flexibility index (Phi) is 4.19. The van der Waals surface area contributed by atoms with E-state index in [1.165, 1.54) is 12.1 Å². The number of halogens is 1. The first-order valence-electron chi connectivity index (χ1n) is 5.08. The Balaban J connectivity index is 2.56. The molecule has 1 rings (SSSR count). The van der Waals surface area contributed by atoms with Crippen molar-refractivity contribution < 1.29 is 9.90 Å². The lowest BCUT2D eigenvalue weighted by atomic mass is 9.96. The topological polar surface area (TPSA) is 49.3 Å². The summed E-state index contributed by atoms with van der Waals surface area (Å²) in [7, 11) is 0. The molecule has 0 aliphatic heterocycles. The lowest BCUT2D eigenvalue weighted by Crippen LogP contribution is -2.34. The molecular formula is C12H16ClNO2. The number of carbonyl (C=O) groups is 1. The highest BCUT2D eigenvalue weighted by Crippen LogP contribution is 2.15. The van der Waals surface area contributed by atoms with Crippen LogP contribution in [-0.2, 0) is 0 Å². The molecule has 0 saturated carbocycles. The Hall–Kier alpha value is -1.22. The van der Waals surface area contributed by atoms with E-state index in [1.807, 2.05) is 13.8 Å². The molecule has 0 radical (unpaired) electrons. The second-order valence-corrected chi connectivity index (χ2v) is 4.79. The zero-order valence-corrected chi connectivity index (χ0v) is 10.2. The van der Waals surface area contributed by atoms with Crippen LogP contribution in [0, 0.1) is 5.41 Å². The van der Waals surface area contributed by atoms with Gasteiger partial charge < -0.3 is 10.4 Å². The summed E-state index contributed by atoms with van der Waals surface area (Å²) in [6.07, 6.45) is 0. The molecule has 0 fully saturated rings. The van der Waals surface area contributed by atoms with E-state index >= 15 is 0 Å². The summed E-state index contributed by atoms with van der Waals surface area (Å²) in [6.45, 7) is 4.49. The largest absolute Gasteiger partial charge is 0.508 e. The van der Waals surface area contributed by atoms with Crippen LogP contribution >= 0.6 is 11.6 Å². The van der Waals surface area contributed by atoms with Crippen molar-refractivity contribution in [1.82, 2.24) is 5.32 Å². The summed E-state index contributed by atoms with van der Waals surface area (Å²) in [4.78, 5) is 11.7. The van der Waals surface area contributed by atoms with E-state index in [0.717, 1.165) is 0 Å². The van der Waals surface area contributed by atoms with Crippen LogP contribution in [-0.4, -0.2) is 23.4 Å². The van der Waals surface area contributed by atoms with E-state index in [2.05, 4.69) is 5.32 Å². The molecule has 0 spiro atoms. The molecule has 2 N–H and O–H groups in total. The number of aromatic hydroxyl groups is 1. The van der Waals surface area contributed by atoms with Crippen LogP contribution in [0.25, 0.3) is 0 Å². The minimum Gasteiger partial charge on any atom is -0.508 e. The van der Waals surface area contributed by atoms with Crippen molar-refractivity contribution in [2.24, 2.45) is 5.41 Å². The predicted octanol–water partition coefficient (Wildman–Crippen LogP) is 2.39. The van der Waals surface area contributed by atoms with Crippen LogP contribution in [0.4, 0.5) is 0 Å². The molecule has 0 heterocycles. The highest BCUT2D eigenvalue weighted by Gasteiger charge is 2.17. The summed E-state index contributed by atoms with van der Waals surface area (Å²) < 4.78 is 0. The van der Waals surface area contributed by atoms with Crippen molar-refractivity contribution in [3.05, 3.63) is 29.8 Å². The summed E-state index contributed by atoms with van der Waals surface area (Å²) in [5.41, 5.74) is 0.414. The third-order valence-corrected chi connectivity index (χ3v) is 2.94. The Morgan fingerprint density at radius 2 is 1.94 bits per heavy atom. The van der Waals surface area contributed by atoms with Crippen molar-refractivity contribution in [1.29, 1.82) is 0 Å². The minimum absolute atomic E-state index is 0.117. The summed E-state index contributed by atoms with van der Waals surface area (Å²) >= 11 is 5.76. The maximum atomic E-state index is 11.7. The standard InChI is InChI=1S/C12H16ClNO2/c1-12(2,7-13)8-14-11(16)9-3-5-10(15)6-4-9/h3-6,15H,7-8H2,1-2H3,(H,14,16). The molecule has 0 saturated heterocycles. The van der Waals surface area contributed by atoms with Crippen molar-refractivity contribution in [3.63, 3.8) is 0 Å². The molecule has 0 aromatic heterocycles. The lowest BCUT2D eigenvalue weighted by molar-refractivity contribution is 0.0940. The number of benzene rings is 1. The molecule has 0 bridgehead atoms. The smallest absolute Gasteiger partial charge is 0.251 e. The molecule has 1 amide bonds. The normalized spacial score (nSPS) is 11.2. The summed E-state index contributed by atoms with van der Waals surface area (Å²) in [6, 6.07) is 6.14. The zero-order valence-electron chi connectivity index (χ0n) is 9.46. The van der Waals surface area contributed by atoms with Gasteiger partial charge in [0.1, 0.15) is 5.75 Å². The maximum Gasteiger partial charge on any atom is 0.251 e. The molecule has 0 aliphatic carbocycles. The van der Waals surface area contributed by atoms with Gasteiger partial charge in [0.25, 0.3) is 5.91 Å². The van der Waals surface area contributed by atoms with Crippen LogP contribution in [0.1, 0.15) is 24.2 Å². The quantitative estimate of drug-likeness (QED) is 0.796. The van der Waals surface area contributed by atoms with Gasteiger partial charge >= 0.3 is 0 Å². The van der Waals surface area contributed by atoms with E-state index in [4.69, 9.17) is 16.7 Å². The van der Waals surface area contributed by atoms with Gasteiger partial charge in [-0.3, -0.25) is 4.79 Å². The lowest BCUT2D eigenvalue weighted by Gasteiger charge is -2.21. The first kappa shape index (κ1) is 12.8. The van der Waals surface area contributed by atoms with Gasteiger partial charge in [0, 0.05) is 18.0 Å². The van der Waals surface area contributed by atoms with Crippen LogP contribution < -0.4 is 5.32 Å². The fraction of sp³-hybridized carbons (Fsp3) is 0.417. The first-order valence-corrected chi connectivity index (χ1v) is 5.61. The van der Waals surface area contributed by atoms with Crippen molar-refractivity contribution in [3.8, 4) is 5.75 Å². The number of hydrogen-bond donors (Lipinski definition) is 2. The van der Waals surface area contributed by atoms with E-state index in [0.29, 0.717) is 18.0 Å². The maximum absolute atomic E-state index is 11.7. The van der Waals surface area contributed by atoms with Gasteiger partial charge in [0.2, 0.25) is 0 Å². The number of hydrogen-bond acceptors (Lipinski definition) is 2. The molecule has 1 aromatic rings. The second kappa shape index (κ2) is 5.21. The Bertz CT molecular complexity index is 360. The molecule has 88 valence electrons. The fourth-order valence-corrected chi connectivity index (χ4v) is 1.18. The first-order chi connectivity index (χ1) is 7.44. The highest BCUT2D eigenvalue weighted by molar-refractivity contribution is 6.18. The zero-order chi connectivity index (χ0) is 12.2. The van der Waals surface area contributed by atoms with Crippen LogP contribution in [0.3, 0.4) is 0 Å². The molecule has 0 unspecified atom stereocenters. The molecule has 1 aromatic carbocycles. The average Bonchev–Trinajstić information content (AvgIpc) is 2.27. The van der Waals surface area contributed by atoms with E-state index in [-0.39, 0.29) is 17.1 Å². The monoisotopic (exact) mass is 241 g/mol. The second-order valence-electron chi connectivity index (χ2n) is 4.53. The number of amides is 1. The van der Waals surface area contributed by atoms with Crippen molar-refractivity contribution in [2.75, 3.05) is 12.4 Å². The van der Waals surface area contributed by atoms with Gasteiger partial charge in [-0.1, -0.05) is 13.8 Å². The van der Waals surface area contributed by atoms with Crippen molar-refractivity contribution in [2.45, 2.75) is 13.8 Å². The van der Waals surface area contributed by atoms with Gasteiger partial charge in [0.05, 0.1) is 0 Å². The Morgan fingerprint density at radius 1 is 1.38 bits per heavy atom. The number of alkyl halides is 1. The number of carbonyl (C=O) groups excluding carboxylic acids is 1. The number of phenolic OH excluding ortho intramolecular Hbond substituents is 1. The van der Waals surface area contributed by atoms with Crippen molar-refractivity contribution >= 4 is 17.5 Å². The molecule has 4 heteroatoms. The molecular weight excluding hydrogens is 226 g/mol. The van der Waals surface area contributed by atoms with Gasteiger partial charge in [-0.05, 0) is 29.7 Å². The van der Waals surface area contributed by atoms with E-state index in [1.54, 1.807) is 12.1 Å². The molecule has 16 heavy (non-hydrogen) atoms. The van der Waals surface area contributed by atoms with Gasteiger partial charge in [0.15, 0.2) is 0 Å².